The van der Waals surface area contributed by atoms with Gasteiger partial charge in [-0.2, -0.15) is 0 Å². The summed E-state index contributed by atoms with van der Waals surface area (Å²) in [4.78, 5) is 70.3. The van der Waals surface area contributed by atoms with Gasteiger partial charge < -0.3 is 26.2 Å². The van der Waals surface area contributed by atoms with Crippen molar-refractivity contribution in [2.45, 2.75) is 96.2 Å². The number of fused-ring (bicyclic) bond motifs is 2. The van der Waals surface area contributed by atoms with Crippen molar-refractivity contribution >= 4 is 29.5 Å². The predicted octanol–water partition coefficient (Wildman–Crippen LogP) is 4.09. The van der Waals surface area contributed by atoms with E-state index >= 15 is 0 Å². The molecule has 6 fully saturated rings. The molecule has 0 radical (unpaired) electrons. The Morgan fingerprint density at radius 1 is 0.902 bits per heavy atom. The van der Waals surface area contributed by atoms with Gasteiger partial charge in [0.15, 0.2) is 0 Å². The Morgan fingerprint density at radius 3 is 2.12 bits per heavy atom. The summed E-state index contributed by atoms with van der Waals surface area (Å²) in [6, 6.07) is 5.13. The Labute approximate surface area is 302 Å². The first-order chi connectivity index (χ1) is 24.4. The molecule has 1 aromatic carbocycles. The maximum Gasteiger partial charge on any atom is 0.315 e. The molecule has 7 aliphatic rings. The number of benzene rings is 1. The van der Waals surface area contributed by atoms with E-state index in [9.17, 15) is 24.0 Å². The van der Waals surface area contributed by atoms with Crippen LogP contribution in [-0.4, -0.2) is 72.2 Å². The molecule has 5 saturated carbocycles. The lowest BCUT2D eigenvalue weighted by Gasteiger charge is -2.56. The van der Waals surface area contributed by atoms with Gasteiger partial charge in [-0.1, -0.05) is 50.3 Å². The summed E-state index contributed by atoms with van der Waals surface area (Å²) in [6.45, 7) is 12.7. The average Bonchev–Trinajstić information content (AvgIpc) is 3.46. The number of hydrogen-bond donors (Lipinski definition) is 4. The molecule has 10 nitrogen and oxygen atoms in total. The van der Waals surface area contributed by atoms with E-state index in [0.29, 0.717) is 32.4 Å². The maximum atomic E-state index is 14.8. The van der Waals surface area contributed by atoms with Gasteiger partial charge in [-0.3, -0.25) is 19.2 Å². The van der Waals surface area contributed by atoms with Crippen LogP contribution < -0.4 is 21.3 Å². The summed E-state index contributed by atoms with van der Waals surface area (Å²) in [6.07, 6.45) is 12.6. The van der Waals surface area contributed by atoms with Crippen LogP contribution in [0.15, 0.2) is 49.6 Å². The van der Waals surface area contributed by atoms with Crippen LogP contribution in [-0.2, 0) is 32.0 Å². The van der Waals surface area contributed by atoms with Crippen molar-refractivity contribution in [1.29, 1.82) is 0 Å². The van der Waals surface area contributed by atoms with Gasteiger partial charge in [0.25, 0.3) is 5.91 Å². The molecule has 1 heterocycles. The number of hydrogen-bond acceptors (Lipinski definition) is 5. The molecule has 1 aliphatic heterocycles. The third-order valence-electron chi connectivity index (χ3n) is 13.6. The molecule has 274 valence electrons. The number of nitrogens with one attached hydrogen (secondary N) is 4. The molecular weight excluding hydrogens is 642 g/mol. The Kier molecular flexibility index (Phi) is 9.65. The molecule has 4 N–H and O–H groups in total. The van der Waals surface area contributed by atoms with Gasteiger partial charge in [0.2, 0.25) is 17.6 Å². The fourth-order valence-corrected chi connectivity index (χ4v) is 11.4. The van der Waals surface area contributed by atoms with Gasteiger partial charge in [0.1, 0.15) is 12.1 Å². The SMILES string of the molecule is C=CCCC(NC(=O)[C@@H]1[C@H]2[C@@H](CN1C(=O)[C@@H](NC(=O)NCC13CC4CC(CC(C4)C1)C3)C1Cc3ccccc3C1)C2(C)C)C(=O)C(=O)NCC=C. The van der Waals surface area contributed by atoms with Crippen LogP contribution in [0.1, 0.15) is 76.3 Å². The Bertz CT molecular complexity index is 1540. The molecule has 1 unspecified atom stereocenters. The number of amides is 5. The highest BCUT2D eigenvalue weighted by Crippen LogP contribution is 2.65. The zero-order valence-electron chi connectivity index (χ0n) is 30.3. The minimum atomic E-state index is -1.06. The van der Waals surface area contributed by atoms with Crippen LogP contribution in [0.4, 0.5) is 4.79 Å². The monoisotopic (exact) mass is 697 g/mol. The maximum absolute atomic E-state index is 14.8. The highest BCUT2D eigenvalue weighted by molar-refractivity contribution is 6.38. The number of urea groups is 1. The molecule has 10 heteroatoms. The molecule has 6 aliphatic carbocycles. The number of Topliss-reactive ketones (excluding diaryl/α,β-unsaturated/α-hetero) is 1. The summed E-state index contributed by atoms with van der Waals surface area (Å²) >= 11 is 0. The number of allylic oxidation sites excluding steroid dienone is 1. The first-order valence-corrected chi connectivity index (χ1v) is 19.2. The van der Waals surface area contributed by atoms with Crippen molar-refractivity contribution in [1.82, 2.24) is 26.2 Å². The number of rotatable bonds is 14. The summed E-state index contributed by atoms with van der Waals surface area (Å²) in [5.41, 5.74) is 2.34. The Balaban J connectivity index is 1.09. The van der Waals surface area contributed by atoms with Crippen molar-refractivity contribution < 1.29 is 24.0 Å². The van der Waals surface area contributed by atoms with Gasteiger partial charge in [0, 0.05) is 19.6 Å². The third-order valence-corrected chi connectivity index (χ3v) is 13.6. The van der Waals surface area contributed by atoms with E-state index in [0.717, 1.165) is 17.8 Å². The fraction of sp³-hybridized carbons (Fsp3) is 0.634. The molecular formula is C41H55N5O5. The van der Waals surface area contributed by atoms with E-state index in [4.69, 9.17) is 0 Å². The minimum Gasteiger partial charge on any atom is -0.346 e. The molecule has 8 rings (SSSR count). The van der Waals surface area contributed by atoms with E-state index in [1.165, 1.54) is 55.7 Å². The molecule has 0 aromatic heterocycles. The molecule has 51 heavy (non-hydrogen) atoms. The van der Waals surface area contributed by atoms with Crippen molar-refractivity contribution in [2.75, 3.05) is 19.6 Å². The summed E-state index contributed by atoms with van der Waals surface area (Å²) in [7, 11) is 0. The number of carbonyl (C=O) groups excluding carboxylic acids is 5. The molecule has 4 bridgehead atoms. The van der Waals surface area contributed by atoms with Crippen molar-refractivity contribution in [3.8, 4) is 0 Å². The molecule has 5 atom stereocenters. The molecule has 1 saturated heterocycles. The lowest BCUT2D eigenvalue weighted by Crippen LogP contribution is -2.61. The van der Waals surface area contributed by atoms with E-state index in [2.05, 4.69) is 60.4 Å². The second-order valence-corrected chi connectivity index (χ2v) is 17.3. The lowest BCUT2D eigenvalue weighted by molar-refractivity contribution is -0.144. The molecule has 1 aromatic rings. The van der Waals surface area contributed by atoms with Crippen LogP contribution in [0.2, 0.25) is 0 Å². The zero-order valence-corrected chi connectivity index (χ0v) is 30.3. The molecule has 5 amide bonds. The van der Waals surface area contributed by atoms with Crippen molar-refractivity contribution in [3.63, 3.8) is 0 Å². The van der Waals surface area contributed by atoms with Gasteiger partial charge >= 0.3 is 6.03 Å². The Morgan fingerprint density at radius 2 is 1.53 bits per heavy atom. The molecule has 0 spiro atoms. The highest BCUT2D eigenvalue weighted by atomic mass is 16.2. The van der Waals surface area contributed by atoms with Crippen LogP contribution in [0.5, 0.6) is 0 Å². The second kappa shape index (κ2) is 13.9. The van der Waals surface area contributed by atoms with Gasteiger partial charge in [-0.15, -0.1) is 13.2 Å². The van der Waals surface area contributed by atoms with Gasteiger partial charge in [-0.05, 0) is 122 Å². The predicted molar refractivity (Wildman–Crippen MR) is 194 cm³/mol. The smallest absolute Gasteiger partial charge is 0.315 e. The van der Waals surface area contributed by atoms with Crippen LogP contribution in [0.25, 0.3) is 0 Å². The average molecular weight is 698 g/mol. The summed E-state index contributed by atoms with van der Waals surface area (Å²) in [5, 5.41) is 11.7. The zero-order chi connectivity index (χ0) is 36.1. The minimum absolute atomic E-state index is 0.0995. The quantitative estimate of drug-likeness (QED) is 0.172. The van der Waals surface area contributed by atoms with Crippen LogP contribution in [0, 0.1) is 46.3 Å². The van der Waals surface area contributed by atoms with E-state index < -0.39 is 35.7 Å². The van der Waals surface area contributed by atoms with Crippen LogP contribution in [0.3, 0.4) is 0 Å². The Hall–Kier alpha value is -3.95. The largest absolute Gasteiger partial charge is 0.346 e. The standard InChI is InChI=1S/C41H55N5O5/c1-5-7-12-31(35(47)37(49)42-13-6-2)44-36(48)34-32-30(40(32,3)4)22-46(34)38(50)33(29-17-27-10-8-9-11-28(27)18-29)45-39(51)43-23-41-19-24-14-25(20-41)16-26(15-24)21-41/h5-6,8-11,24-26,29-34H,1-2,7,12-23H2,3-4H3,(H,42,49)(H,44,48)(H2,43,45,51)/t24?,25?,26?,30-,31?,32-,33+,34+,41?/m1/s1. The third kappa shape index (κ3) is 6.87. The van der Waals surface area contributed by atoms with Gasteiger partial charge in [0.05, 0.1) is 6.04 Å². The number of carbonyl (C=O) groups is 5. The summed E-state index contributed by atoms with van der Waals surface area (Å²) in [5.74, 6) is -0.0766. The number of nitrogens with zero attached hydrogens (tertiary/aromatic N) is 1. The van der Waals surface area contributed by atoms with E-state index in [1.54, 1.807) is 11.0 Å². The fourth-order valence-electron chi connectivity index (χ4n) is 11.4. The van der Waals surface area contributed by atoms with E-state index in [1.807, 2.05) is 12.1 Å². The van der Waals surface area contributed by atoms with Crippen molar-refractivity contribution in [3.05, 3.63) is 60.7 Å². The van der Waals surface area contributed by atoms with E-state index in [-0.39, 0.29) is 53.5 Å². The van der Waals surface area contributed by atoms with Gasteiger partial charge in [-0.25, -0.2) is 4.79 Å². The first-order valence-electron chi connectivity index (χ1n) is 19.2. The lowest BCUT2D eigenvalue weighted by atomic mass is 9.49. The number of likely N-dealkylation sites (tertiary alicyclic amines) is 1. The second-order valence-electron chi connectivity index (χ2n) is 17.3. The van der Waals surface area contributed by atoms with Crippen molar-refractivity contribution in [2.24, 2.45) is 46.3 Å². The summed E-state index contributed by atoms with van der Waals surface area (Å²) < 4.78 is 0. The topological polar surface area (TPSA) is 137 Å². The highest BCUT2D eigenvalue weighted by Gasteiger charge is 2.70. The normalized spacial score (nSPS) is 31.8. The first kappa shape index (κ1) is 35.5. The number of piperidine rings is 1. The van der Waals surface area contributed by atoms with Crippen LogP contribution >= 0.6 is 0 Å². The number of ketones is 1.